The molecular weight excluding hydrogens is 357 g/mol. The van der Waals surface area contributed by atoms with Crippen LogP contribution in [0.25, 0.3) is 0 Å². The Kier molecular flexibility index (Phi) is 7.50. The number of ether oxygens (including phenoxy) is 1. The molecule has 1 aromatic heterocycles. The van der Waals surface area contributed by atoms with E-state index in [0.29, 0.717) is 30.3 Å². The van der Waals surface area contributed by atoms with E-state index in [9.17, 15) is 12.8 Å². The number of hydrogen-bond acceptors (Lipinski definition) is 4. The molecule has 2 rings (SSSR count). The van der Waals surface area contributed by atoms with E-state index in [2.05, 4.69) is 9.71 Å². The van der Waals surface area contributed by atoms with Crippen LogP contribution in [0.5, 0.6) is 11.6 Å². The number of pyridine rings is 1. The fourth-order valence-corrected chi connectivity index (χ4v) is 3.72. The molecule has 0 amide bonds. The highest BCUT2D eigenvalue weighted by Crippen LogP contribution is 2.20. The summed E-state index contributed by atoms with van der Waals surface area (Å²) in [4.78, 5) is 4.13. The van der Waals surface area contributed by atoms with Crippen LogP contribution in [0, 0.1) is 5.82 Å². The second-order valence-electron chi connectivity index (χ2n) is 5.79. The van der Waals surface area contributed by atoms with Gasteiger partial charge in [0.25, 0.3) is 10.2 Å². The standard InChI is InChI=1S/C18H24FN3O3S/c1-3-10-22(11-4-2)26(23,24)21-14-15-8-9-18(20-13-15)25-17-7-5-6-16(19)12-17/h5-9,12-13,21H,3-4,10-11,14H2,1-2H3. The van der Waals surface area contributed by atoms with Gasteiger partial charge in [0, 0.05) is 38.0 Å². The summed E-state index contributed by atoms with van der Waals surface area (Å²) < 4.78 is 47.4. The molecule has 142 valence electrons. The molecule has 0 saturated heterocycles. The second-order valence-corrected chi connectivity index (χ2v) is 7.54. The highest BCUT2D eigenvalue weighted by molar-refractivity contribution is 7.87. The van der Waals surface area contributed by atoms with Gasteiger partial charge in [-0.3, -0.25) is 0 Å². The van der Waals surface area contributed by atoms with E-state index in [1.807, 2.05) is 13.8 Å². The first-order valence-corrected chi connectivity index (χ1v) is 10.0. The quantitative estimate of drug-likeness (QED) is 0.684. The molecule has 0 aliphatic rings. The summed E-state index contributed by atoms with van der Waals surface area (Å²) in [6.45, 7) is 5.00. The lowest BCUT2D eigenvalue weighted by molar-refractivity contribution is 0.401. The Balaban J connectivity index is 1.96. The number of nitrogens with one attached hydrogen (secondary N) is 1. The predicted molar refractivity (Wildman–Crippen MR) is 98.6 cm³/mol. The Morgan fingerprint density at radius 1 is 1.15 bits per heavy atom. The van der Waals surface area contributed by atoms with E-state index in [1.54, 1.807) is 24.3 Å². The SMILES string of the molecule is CCCN(CCC)S(=O)(=O)NCc1ccc(Oc2cccc(F)c2)nc1. The molecule has 1 aromatic carbocycles. The third-order valence-corrected chi connectivity index (χ3v) is 5.11. The highest BCUT2D eigenvalue weighted by Gasteiger charge is 2.19. The molecule has 0 aliphatic heterocycles. The molecule has 0 fully saturated rings. The fraction of sp³-hybridized carbons (Fsp3) is 0.389. The van der Waals surface area contributed by atoms with Crippen LogP contribution in [0.3, 0.4) is 0 Å². The van der Waals surface area contributed by atoms with E-state index in [-0.39, 0.29) is 6.54 Å². The van der Waals surface area contributed by atoms with Crippen molar-refractivity contribution in [3.63, 3.8) is 0 Å². The van der Waals surface area contributed by atoms with Crippen LogP contribution in [0.15, 0.2) is 42.6 Å². The van der Waals surface area contributed by atoms with Crippen molar-refractivity contribution in [2.24, 2.45) is 0 Å². The van der Waals surface area contributed by atoms with E-state index < -0.39 is 16.0 Å². The Morgan fingerprint density at radius 3 is 2.46 bits per heavy atom. The summed E-state index contributed by atoms with van der Waals surface area (Å²) >= 11 is 0. The zero-order valence-electron chi connectivity index (χ0n) is 15.0. The minimum Gasteiger partial charge on any atom is -0.439 e. The zero-order valence-corrected chi connectivity index (χ0v) is 15.8. The molecule has 0 bridgehead atoms. The van der Waals surface area contributed by atoms with Crippen molar-refractivity contribution < 1.29 is 17.5 Å². The van der Waals surface area contributed by atoms with Crippen LogP contribution in [-0.4, -0.2) is 30.8 Å². The van der Waals surface area contributed by atoms with Crippen LogP contribution in [0.2, 0.25) is 0 Å². The number of aromatic nitrogens is 1. The molecular formula is C18H24FN3O3S. The summed E-state index contributed by atoms with van der Waals surface area (Å²) in [6.07, 6.45) is 3.05. The predicted octanol–water partition coefficient (Wildman–Crippen LogP) is 3.47. The van der Waals surface area contributed by atoms with Crippen molar-refractivity contribution in [3.05, 3.63) is 54.0 Å². The van der Waals surface area contributed by atoms with Crippen LogP contribution < -0.4 is 9.46 Å². The molecule has 0 atom stereocenters. The van der Waals surface area contributed by atoms with Gasteiger partial charge in [0.15, 0.2) is 0 Å². The van der Waals surface area contributed by atoms with E-state index >= 15 is 0 Å². The van der Waals surface area contributed by atoms with Gasteiger partial charge in [-0.1, -0.05) is 26.0 Å². The number of benzene rings is 1. The van der Waals surface area contributed by atoms with E-state index in [4.69, 9.17) is 4.74 Å². The molecule has 26 heavy (non-hydrogen) atoms. The van der Waals surface area contributed by atoms with Gasteiger partial charge in [-0.2, -0.15) is 17.4 Å². The Labute approximate surface area is 154 Å². The van der Waals surface area contributed by atoms with Gasteiger partial charge in [-0.05, 0) is 30.5 Å². The first-order chi connectivity index (χ1) is 12.4. The summed E-state index contributed by atoms with van der Waals surface area (Å²) in [5, 5.41) is 0. The lowest BCUT2D eigenvalue weighted by Gasteiger charge is -2.21. The molecule has 6 nitrogen and oxygen atoms in total. The Morgan fingerprint density at radius 2 is 1.88 bits per heavy atom. The largest absolute Gasteiger partial charge is 0.439 e. The number of rotatable bonds is 10. The van der Waals surface area contributed by atoms with Crippen molar-refractivity contribution in [2.45, 2.75) is 33.2 Å². The van der Waals surface area contributed by atoms with Gasteiger partial charge < -0.3 is 4.74 Å². The highest BCUT2D eigenvalue weighted by atomic mass is 32.2. The molecule has 8 heteroatoms. The maximum absolute atomic E-state index is 13.2. The summed E-state index contributed by atoms with van der Waals surface area (Å²) in [5.74, 6) is 0.263. The molecule has 2 aromatic rings. The average molecular weight is 381 g/mol. The van der Waals surface area contributed by atoms with Crippen LogP contribution >= 0.6 is 0 Å². The maximum atomic E-state index is 13.2. The van der Waals surface area contributed by atoms with Crippen molar-refractivity contribution in [3.8, 4) is 11.6 Å². The monoisotopic (exact) mass is 381 g/mol. The first-order valence-electron chi connectivity index (χ1n) is 8.57. The molecule has 0 unspecified atom stereocenters. The first kappa shape index (κ1) is 20.3. The van der Waals surface area contributed by atoms with Crippen molar-refractivity contribution in [1.82, 2.24) is 14.0 Å². The van der Waals surface area contributed by atoms with Crippen LogP contribution in [0.1, 0.15) is 32.3 Å². The van der Waals surface area contributed by atoms with Gasteiger partial charge >= 0.3 is 0 Å². The van der Waals surface area contributed by atoms with Gasteiger partial charge in [0.05, 0.1) is 0 Å². The van der Waals surface area contributed by atoms with Crippen molar-refractivity contribution in [1.29, 1.82) is 0 Å². The lowest BCUT2D eigenvalue weighted by atomic mass is 10.3. The van der Waals surface area contributed by atoms with Crippen molar-refractivity contribution in [2.75, 3.05) is 13.1 Å². The summed E-state index contributed by atoms with van der Waals surface area (Å²) in [6, 6.07) is 9.10. The number of hydrogen-bond donors (Lipinski definition) is 1. The van der Waals surface area contributed by atoms with E-state index in [1.165, 1.54) is 22.6 Å². The number of nitrogens with zero attached hydrogens (tertiary/aromatic N) is 2. The second kappa shape index (κ2) is 9.61. The molecule has 0 spiro atoms. The Hall–Kier alpha value is -2.03. The van der Waals surface area contributed by atoms with Gasteiger partial charge in [0.1, 0.15) is 11.6 Å². The van der Waals surface area contributed by atoms with Crippen molar-refractivity contribution >= 4 is 10.2 Å². The number of halogens is 1. The minimum atomic E-state index is -3.53. The van der Waals surface area contributed by atoms with Crippen LogP contribution in [-0.2, 0) is 16.8 Å². The summed E-state index contributed by atoms with van der Waals surface area (Å²) in [7, 11) is -3.53. The third kappa shape index (κ3) is 6.05. The third-order valence-electron chi connectivity index (χ3n) is 3.56. The normalized spacial score (nSPS) is 11.7. The molecule has 0 aliphatic carbocycles. The lowest BCUT2D eigenvalue weighted by Crippen LogP contribution is -2.41. The van der Waals surface area contributed by atoms with Crippen LogP contribution in [0.4, 0.5) is 4.39 Å². The smallest absolute Gasteiger partial charge is 0.279 e. The average Bonchev–Trinajstić information content (AvgIpc) is 2.61. The van der Waals surface area contributed by atoms with Gasteiger partial charge in [-0.25, -0.2) is 9.37 Å². The fourth-order valence-electron chi connectivity index (χ4n) is 2.34. The maximum Gasteiger partial charge on any atom is 0.279 e. The molecule has 0 saturated carbocycles. The topological polar surface area (TPSA) is 71.5 Å². The minimum absolute atomic E-state index is 0.138. The molecule has 1 heterocycles. The van der Waals surface area contributed by atoms with E-state index in [0.717, 1.165) is 12.8 Å². The zero-order chi connectivity index (χ0) is 19.0. The summed E-state index contributed by atoms with van der Waals surface area (Å²) in [5.41, 5.74) is 0.702. The Bertz CT molecular complexity index is 792. The van der Waals surface area contributed by atoms with Gasteiger partial charge in [-0.15, -0.1) is 0 Å². The molecule has 1 N–H and O–H groups in total. The van der Waals surface area contributed by atoms with Gasteiger partial charge in [0.2, 0.25) is 5.88 Å². The molecule has 0 radical (unpaired) electrons.